The predicted molar refractivity (Wildman–Crippen MR) is 245 cm³/mol. The Balaban J connectivity index is 1.02. The molecular formula is C54H44N4. The number of nitrogens with one attached hydrogen (secondary N) is 1. The summed E-state index contributed by atoms with van der Waals surface area (Å²) in [7, 11) is 0. The lowest BCUT2D eigenvalue weighted by Crippen LogP contribution is -2.19. The van der Waals surface area contributed by atoms with E-state index in [0.717, 1.165) is 78.9 Å². The molecule has 1 aromatic heterocycles. The predicted octanol–water partition coefficient (Wildman–Crippen LogP) is 12.8. The number of allylic oxidation sites excluding steroid dienone is 4. The van der Waals surface area contributed by atoms with E-state index in [1.54, 1.807) is 0 Å². The molecule has 280 valence electrons. The number of nitrogens with zero attached hydrogens (tertiary/aromatic N) is 2. The van der Waals surface area contributed by atoms with Crippen molar-refractivity contribution in [2.45, 2.75) is 25.3 Å². The Hall–Kier alpha value is -7.30. The molecule has 2 atom stereocenters. The Morgan fingerprint density at radius 2 is 1.41 bits per heavy atom. The Morgan fingerprint density at radius 1 is 0.724 bits per heavy atom. The monoisotopic (exact) mass is 748 g/mol. The fraction of sp³-hybridized carbons (Fsp3) is 0.0741. The smallest absolute Gasteiger partial charge is 0.0947 e. The number of hydrogen-bond donors (Lipinski definition) is 2. The molecule has 4 nitrogen and oxygen atoms in total. The van der Waals surface area contributed by atoms with Crippen molar-refractivity contribution in [3.05, 3.63) is 240 Å². The maximum absolute atomic E-state index is 6.70. The Morgan fingerprint density at radius 3 is 2.16 bits per heavy atom. The molecule has 58 heavy (non-hydrogen) atoms. The molecule has 0 amide bonds. The van der Waals surface area contributed by atoms with Crippen LogP contribution in [0, 0.1) is 0 Å². The summed E-state index contributed by atoms with van der Waals surface area (Å²) in [5.41, 5.74) is 22.9. The van der Waals surface area contributed by atoms with E-state index in [9.17, 15) is 0 Å². The number of aromatic nitrogens is 1. The third-order valence-corrected chi connectivity index (χ3v) is 11.0. The number of anilines is 1. The van der Waals surface area contributed by atoms with Crippen LogP contribution in [0.2, 0.25) is 0 Å². The van der Waals surface area contributed by atoms with Crippen molar-refractivity contribution in [1.82, 2.24) is 4.98 Å². The zero-order valence-electron chi connectivity index (χ0n) is 32.5. The number of fused-ring (bicyclic) bond motifs is 3. The first-order valence-electron chi connectivity index (χ1n) is 19.9. The van der Waals surface area contributed by atoms with E-state index in [2.05, 4.69) is 171 Å². The molecule has 1 aliphatic carbocycles. The summed E-state index contributed by atoms with van der Waals surface area (Å²) in [6, 6.07) is 57.2. The van der Waals surface area contributed by atoms with Crippen LogP contribution in [-0.4, -0.2) is 16.7 Å². The van der Waals surface area contributed by atoms with Gasteiger partial charge in [0.15, 0.2) is 0 Å². The molecule has 2 heterocycles. The lowest BCUT2D eigenvalue weighted by Gasteiger charge is -2.26. The van der Waals surface area contributed by atoms with E-state index in [0.29, 0.717) is 17.3 Å². The second kappa shape index (κ2) is 16.0. The average Bonchev–Trinajstić information content (AvgIpc) is 3.29. The molecule has 0 radical (unpaired) electrons. The molecule has 3 N–H and O–H groups in total. The Labute approximate surface area is 340 Å². The van der Waals surface area contributed by atoms with Crippen molar-refractivity contribution in [3.8, 4) is 22.4 Å². The van der Waals surface area contributed by atoms with Crippen LogP contribution in [0.15, 0.2) is 217 Å². The molecule has 0 fully saturated rings. The topological polar surface area (TPSA) is 63.3 Å². The van der Waals surface area contributed by atoms with Gasteiger partial charge in [0.25, 0.3) is 0 Å². The van der Waals surface area contributed by atoms with Gasteiger partial charge in [0.2, 0.25) is 0 Å². The molecule has 4 heteroatoms. The standard InChI is InChI=1S/C54H44N4/c1-36-33-49(48-31-29-45-30-32-51(43-17-10-5-11-18-43)58-53(45)54(48)56-36)47-20-12-19-46(34-47)41-25-27-44(28-26-41)52(35-50(55)42-15-8-4-9-16-42)57-37(2)38-21-23-40(24-22-38)39-13-6-3-7-14-39/h3-23,25-36,40,56H,2,24,55H2,1H3/b50-35-,57-52+. The highest BCUT2D eigenvalue weighted by Gasteiger charge is 2.22. The highest BCUT2D eigenvalue weighted by atomic mass is 14.9. The lowest BCUT2D eigenvalue weighted by molar-refractivity contribution is 0.846. The van der Waals surface area contributed by atoms with Gasteiger partial charge in [-0.2, -0.15) is 0 Å². The molecule has 0 saturated carbocycles. The fourth-order valence-corrected chi connectivity index (χ4v) is 7.92. The van der Waals surface area contributed by atoms with Crippen molar-refractivity contribution >= 4 is 33.6 Å². The molecule has 0 spiro atoms. The van der Waals surface area contributed by atoms with Gasteiger partial charge in [0.1, 0.15) is 0 Å². The molecule has 1 aliphatic heterocycles. The Kier molecular flexibility index (Phi) is 10.1. The zero-order valence-corrected chi connectivity index (χ0v) is 32.5. The van der Waals surface area contributed by atoms with E-state index < -0.39 is 0 Å². The van der Waals surface area contributed by atoms with Crippen LogP contribution >= 0.6 is 0 Å². The van der Waals surface area contributed by atoms with E-state index >= 15 is 0 Å². The molecule has 2 unspecified atom stereocenters. The summed E-state index contributed by atoms with van der Waals surface area (Å²) in [5.74, 6) is 0.343. The van der Waals surface area contributed by atoms with E-state index in [-0.39, 0.29) is 6.04 Å². The largest absolute Gasteiger partial charge is 0.398 e. The number of aliphatic imine (C=N–C) groups is 1. The molecule has 9 rings (SSSR count). The molecule has 2 aliphatic rings. The van der Waals surface area contributed by atoms with Crippen molar-refractivity contribution in [1.29, 1.82) is 0 Å². The van der Waals surface area contributed by atoms with Gasteiger partial charge in [-0.05, 0) is 70.5 Å². The minimum Gasteiger partial charge on any atom is -0.398 e. The minimum atomic E-state index is 0.132. The van der Waals surface area contributed by atoms with Crippen LogP contribution in [0.25, 0.3) is 44.6 Å². The first kappa shape index (κ1) is 36.3. The number of rotatable bonds is 9. The summed E-state index contributed by atoms with van der Waals surface area (Å²) < 4.78 is 0. The van der Waals surface area contributed by atoms with E-state index in [1.807, 2.05) is 42.5 Å². The van der Waals surface area contributed by atoms with Gasteiger partial charge < -0.3 is 11.1 Å². The molecule has 0 bridgehead atoms. The van der Waals surface area contributed by atoms with Crippen LogP contribution in [-0.2, 0) is 0 Å². The van der Waals surface area contributed by atoms with Gasteiger partial charge in [-0.25, -0.2) is 9.98 Å². The summed E-state index contributed by atoms with van der Waals surface area (Å²) in [4.78, 5) is 10.3. The third kappa shape index (κ3) is 7.61. The van der Waals surface area contributed by atoms with Gasteiger partial charge in [0, 0.05) is 39.7 Å². The maximum Gasteiger partial charge on any atom is 0.0947 e. The average molecular weight is 749 g/mol. The maximum atomic E-state index is 6.70. The van der Waals surface area contributed by atoms with Gasteiger partial charge in [-0.3, -0.25) is 0 Å². The van der Waals surface area contributed by atoms with Crippen LogP contribution in [0.4, 0.5) is 5.69 Å². The Bertz CT molecular complexity index is 2790. The summed E-state index contributed by atoms with van der Waals surface area (Å²) in [6.07, 6.45) is 11.8. The number of nitrogens with two attached hydrogens (primary N) is 1. The zero-order chi connectivity index (χ0) is 39.4. The summed E-state index contributed by atoms with van der Waals surface area (Å²) >= 11 is 0. The summed E-state index contributed by atoms with van der Waals surface area (Å²) in [5, 5.41) is 4.85. The number of hydrogen-bond acceptors (Lipinski definition) is 4. The minimum absolute atomic E-state index is 0.132. The second-order valence-electron chi connectivity index (χ2n) is 15.0. The molecule has 6 aromatic carbocycles. The lowest BCUT2D eigenvalue weighted by atomic mass is 9.89. The first-order valence-corrected chi connectivity index (χ1v) is 19.9. The van der Waals surface area contributed by atoms with Crippen LogP contribution in [0.5, 0.6) is 0 Å². The van der Waals surface area contributed by atoms with Crippen molar-refractivity contribution in [3.63, 3.8) is 0 Å². The van der Waals surface area contributed by atoms with Gasteiger partial charge in [0.05, 0.1) is 28.3 Å². The SMILES string of the molecule is C=C(/N=C(\C=C(/N)c1ccccc1)c1ccc(-c2cccc(C3=CC(C)Nc4c3ccc3ccc(-c5ccccc5)nc43)c2)cc1)C1=CCC(c2ccccc2)C=C1. The van der Waals surface area contributed by atoms with E-state index in [1.165, 1.54) is 11.1 Å². The van der Waals surface area contributed by atoms with Crippen molar-refractivity contribution < 1.29 is 0 Å². The summed E-state index contributed by atoms with van der Waals surface area (Å²) in [6.45, 7) is 6.60. The molecular weight excluding hydrogens is 705 g/mol. The van der Waals surface area contributed by atoms with Gasteiger partial charge in [-0.15, -0.1) is 0 Å². The van der Waals surface area contributed by atoms with E-state index in [4.69, 9.17) is 15.7 Å². The van der Waals surface area contributed by atoms with Crippen LogP contribution < -0.4 is 11.1 Å². The number of pyridine rings is 1. The molecule has 0 saturated heterocycles. The second-order valence-corrected chi connectivity index (χ2v) is 15.0. The van der Waals surface area contributed by atoms with Gasteiger partial charge >= 0.3 is 0 Å². The number of benzene rings is 6. The highest BCUT2D eigenvalue weighted by molar-refractivity contribution is 6.13. The third-order valence-electron chi connectivity index (χ3n) is 11.0. The van der Waals surface area contributed by atoms with Crippen molar-refractivity contribution in [2.75, 3.05) is 5.32 Å². The molecule has 7 aromatic rings. The quantitative estimate of drug-likeness (QED) is 0.145. The van der Waals surface area contributed by atoms with Crippen LogP contribution in [0.3, 0.4) is 0 Å². The first-order chi connectivity index (χ1) is 28.5. The normalized spacial score (nSPS) is 16.6. The van der Waals surface area contributed by atoms with Gasteiger partial charge in [-0.1, -0.05) is 183 Å². The highest BCUT2D eigenvalue weighted by Crippen LogP contribution is 2.40. The van der Waals surface area contributed by atoms with Crippen molar-refractivity contribution in [2.24, 2.45) is 10.7 Å². The fourth-order valence-electron chi connectivity index (χ4n) is 7.92. The van der Waals surface area contributed by atoms with Crippen LogP contribution in [0.1, 0.15) is 47.1 Å².